The second-order valence-electron chi connectivity index (χ2n) is 5.55. The van der Waals surface area contributed by atoms with Gasteiger partial charge in [-0.25, -0.2) is 4.79 Å². The van der Waals surface area contributed by atoms with Crippen molar-refractivity contribution in [1.29, 1.82) is 0 Å². The Morgan fingerprint density at radius 1 is 0.875 bits per heavy atom. The van der Waals surface area contributed by atoms with Crippen molar-refractivity contribution in [3.05, 3.63) is 71.3 Å². The summed E-state index contributed by atoms with van der Waals surface area (Å²) in [4.78, 5) is 11.4. The van der Waals surface area contributed by atoms with E-state index in [0.717, 1.165) is 27.6 Å². The molecule has 4 nitrogen and oxygen atoms in total. The van der Waals surface area contributed by atoms with Crippen LogP contribution >= 0.6 is 0 Å². The monoisotopic (exact) mass is 322 g/mol. The van der Waals surface area contributed by atoms with Gasteiger partial charge in [0.25, 0.3) is 0 Å². The number of benzene rings is 3. The number of carboxylic acid groups (broad SMARTS) is 1. The smallest absolute Gasteiger partial charge is 0.335 e. The van der Waals surface area contributed by atoms with Crippen LogP contribution in [0.3, 0.4) is 0 Å². The van der Waals surface area contributed by atoms with E-state index in [-0.39, 0.29) is 0 Å². The molecule has 0 bridgehead atoms. The molecule has 24 heavy (non-hydrogen) atoms. The minimum atomic E-state index is -0.932. The molecule has 0 unspecified atom stereocenters. The third kappa shape index (κ3) is 3.18. The van der Waals surface area contributed by atoms with Crippen LogP contribution in [0.25, 0.3) is 10.8 Å². The van der Waals surface area contributed by atoms with Crippen LogP contribution in [0.1, 0.15) is 21.5 Å². The van der Waals surface area contributed by atoms with Crippen molar-refractivity contribution >= 4 is 16.7 Å². The second kappa shape index (κ2) is 6.62. The first-order valence-electron chi connectivity index (χ1n) is 7.57. The summed E-state index contributed by atoms with van der Waals surface area (Å²) in [6.07, 6.45) is 0.529. The standard InChI is InChI=1S/C20H18O4/c1-23-17-6-5-14-9-13(3-4-15(14)11-17)10-16-12-18(24-2)7-8-19(16)20(21)22/h3-9,11-12H,10H2,1-2H3,(H,21,22). The van der Waals surface area contributed by atoms with Gasteiger partial charge < -0.3 is 14.6 Å². The zero-order chi connectivity index (χ0) is 17.1. The van der Waals surface area contributed by atoms with E-state index in [1.165, 1.54) is 0 Å². The highest BCUT2D eigenvalue weighted by Gasteiger charge is 2.12. The van der Waals surface area contributed by atoms with Crippen LogP contribution in [0.15, 0.2) is 54.6 Å². The lowest BCUT2D eigenvalue weighted by Gasteiger charge is -2.10. The van der Waals surface area contributed by atoms with Gasteiger partial charge in [-0.3, -0.25) is 0 Å². The third-order valence-corrected chi connectivity index (χ3v) is 4.05. The first-order valence-corrected chi connectivity index (χ1v) is 7.57. The lowest BCUT2D eigenvalue weighted by molar-refractivity contribution is 0.0696. The molecule has 0 saturated carbocycles. The van der Waals surface area contributed by atoms with Gasteiger partial charge >= 0.3 is 5.97 Å². The summed E-state index contributed by atoms with van der Waals surface area (Å²) >= 11 is 0. The molecule has 3 aromatic carbocycles. The molecular weight excluding hydrogens is 304 g/mol. The Morgan fingerprint density at radius 2 is 1.50 bits per heavy atom. The summed E-state index contributed by atoms with van der Waals surface area (Å²) in [6.45, 7) is 0. The Morgan fingerprint density at radius 3 is 2.21 bits per heavy atom. The highest BCUT2D eigenvalue weighted by molar-refractivity contribution is 5.90. The fourth-order valence-electron chi connectivity index (χ4n) is 2.78. The summed E-state index contributed by atoms with van der Waals surface area (Å²) in [5, 5.41) is 11.6. The van der Waals surface area contributed by atoms with Crippen LogP contribution in [0, 0.1) is 0 Å². The second-order valence-corrected chi connectivity index (χ2v) is 5.55. The Labute approximate surface area is 140 Å². The maximum atomic E-state index is 11.4. The molecule has 122 valence electrons. The fourth-order valence-corrected chi connectivity index (χ4v) is 2.78. The predicted octanol–water partition coefficient (Wildman–Crippen LogP) is 4.15. The quantitative estimate of drug-likeness (QED) is 0.767. The van der Waals surface area contributed by atoms with Gasteiger partial charge in [0, 0.05) is 0 Å². The van der Waals surface area contributed by atoms with Crippen molar-refractivity contribution in [3.8, 4) is 11.5 Å². The largest absolute Gasteiger partial charge is 0.497 e. The normalized spacial score (nSPS) is 10.6. The summed E-state index contributed by atoms with van der Waals surface area (Å²) < 4.78 is 10.5. The number of fused-ring (bicyclic) bond motifs is 1. The summed E-state index contributed by atoms with van der Waals surface area (Å²) in [5.41, 5.74) is 2.07. The zero-order valence-corrected chi connectivity index (χ0v) is 13.6. The Balaban J connectivity index is 1.98. The highest BCUT2D eigenvalue weighted by atomic mass is 16.5. The zero-order valence-electron chi connectivity index (χ0n) is 13.6. The van der Waals surface area contributed by atoms with E-state index in [1.54, 1.807) is 32.4 Å². The first-order chi connectivity index (χ1) is 11.6. The van der Waals surface area contributed by atoms with Crippen LogP contribution < -0.4 is 9.47 Å². The summed E-state index contributed by atoms with van der Waals surface area (Å²) in [5.74, 6) is 0.537. The van der Waals surface area contributed by atoms with E-state index in [4.69, 9.17) is 9.47 Å². The van der Waals surface area contributed by atoms with E-state index in [1.807, 2.05) is 30.3 Å². The van der Waals surface area contributed by atoms with Crippen LogP contribution in [0.5, 0.6) is 11.5 Å². The van der Waals surface area contributed by atoms with Crippen molar-refractivity contribution in [1.82, 2.24) is 0 Å². The molecule has 0 fully saturated rings. The average Bonchev–Trinajstić information content (AvgIpc) is 2.60. The highest BCUT2D eigenvalue weighted by Crippen LogP contribution is 2.25. The molecule has 3 aromatic rings. The number of methoxy groups -OCH3 is 2. The Kier molecular flexibility index (Phi) is 4.38. The number of hydrogen-bond acceptors (Lipinski definition) is 3. The lowest BCUT2D eigenvalue weighted by atomic mass is 9.97. The molecule has 0 saturated heterocycles. The molecule has 0 radical (unpaired) electrons. The SMILES string of the molecule is COc1ccc(C(=O)O)c(Cc2ccc3cc(OC)ccc3c2)c1. The van der Waals surface area contributed by atoms with Crippen LogP contribution in [0.2, 0.25) is 0 Å². The van der Waals surface area contributed by atoms with Crippen LogP contribution in [0.4, 0.5) is 0 Å². The van der Waals surface area contributed by atoms with Crippen molar-refractivity contribution in [2.75, 3.05) is 14.2 Å². The Bertz CT molecular complexity index is 899. The number of carboxylic acids is 1. The first kappa shape index (κ1) is 15.9. The van der Waals surface area contributed by atoms with Gasteiger partial charge in [-0.2, -0.15) is 0 Å². The van der Waals surface area contributed by atoms with E-state index >= 15 is 0 Å². The van der Waals surface area contributed by atoms with Gasteiger partial charge in [0.05, 0.1) is 19.8 Å². The van der Waals surface area contributed by atoms with Gasteiger partial charge in [-0.15, -0.1) is 0 Å². The third-order valence-electron chi connectivity index (χ3n) is 4.05. The van der Waals surface area contributed by atoms with Gasteiger partial charge in [0.15, 0.2) is 0 Å². The van der Waals surface area contributed by atoms with Crippen molar-refractivity contribution in [2.45, 2.75) is 6.42 Å². The minimum absolute atomic E-state index is 0.297. The maximum absolute atomic E-state index is 11.4. The van der Waals surface area contributed by atoms with Gasteiger partial charge in [0.2, 0.25) is 0 Å². The number of aromatic carboxylic acids is 1. The van der Waals surface area contributed by atoms with Gasteiger partial charge in [-0.05, 0) is 58.7 Å². The molecule has 0 amide bonds. The van der Waals surface area contributed by atoms with Crippen LogP contribution in [-0.4, -0.2) is 25.3 Å². The Hall–Kier alpha value is -3.01. The minimum Gasteiger partial charge on any atom is -0.497 e. The molecule has 0 aliphatic carbocycles. The molecule has 0 atom stereocenters. The number of ether oxygens (including phenoxy) is 2. The lowest BCUT2D eigenvalue weighted by Crippen LogP contribution is -2.03. The molecule has 1 N–H and O–H groups in total. The van der Waals surface area contributed by atoms with Gasteiger partial charge in [0.1, 0.15) is 11.5 Å². The van der Waals surface area contributed by atoms with Gasteiger partial charge in [-0.1, -0.05) is 24.3 Å². The fraction of sp³-hybridized carbons (Fsp3) is 0.150. The summed E-state index contributed by atoms with van der Waals surface area (Å²) in [6, 6.07) is 17.0. The van der Waals surface area contributed by atoms with Crippen molar-refractivity contribution in [3.63, 3.8) is 0 Å². The molecule has 4 heteroatoms. The summed E-state index contributed by atoms with van der Waals surface area (Å²) in [7, 11) is 3.22. The van der Waals surface area contributed by atoms with Crippen LogP contribution in [-0.2, 0) is 6.42 Å². The topological polar surface area (TPSA) is 55.8 Å². The maximum Gasteiger partial charge on any atom is 0.335 e. The predicted molar refractivity (Wildman–Crippen MR) is 93.3 cm³/mol. The number of carbonyl (C=O) groups is 1. The molecule has 3 rings (SSSR count). The van der Waals surface area contributed by atoms with E-state index in [9.17, 15) is 9.90 Å². The molecule has 0 spiro atoms. The number of rotatable bonds is 5. The van der Waals surface area contributed by atoms with E-state index < -0.39 is 5.97 Å². The molecule has 0 aliphatic rings. The average molecular weight is 322 g/mol. The molecule has 0 aliphatic heterocycles. The van der Waals surface area contributed by atoms with E-state index in [0.29, 0.717) is 17.7 Å². The molecule has 0 aromatic heterocycles. The number of hydrogen-bond donors (Lipinski definition) is 1. The van der Waals surface area contributed by atoms with Crippen molar-refractivity contribution in [2.24, 2.45) is 0 Å². The molecular formula is C20H18O4. The molecule has 0 heterocycles. The van der Waals surface area contributed by atoms with Crippen molar-refractivity contribution < 1.29 is 19.4 Å². The van der Waals surface area contributed by atoms with E-state index in [2.05, 4.69) is 6.07 Å².